The Hall–Kier alpha value is -2.06. The van der Waals surface area contributed by atoms with Crippen molar-refractivity contribution in [2.45, 2.75) is 0 Å². The summed E-state index contributed by atoms with van der Waals surface area (Å²) < 4.78 is 52.4. The highest BCUT2D eigenvalue weighted by molar-refractivity contribution is 8.09. The fourth-order valence-corrected chi connectivity index (χ4v) is 6.67. The van der Waals surface area contributed by atoms with Gasteiger partial charge in [-0.15, -0.1) is 0 Å². The van der Waals surface area contributed by atoms with Gasteiger partial charge in [0.1, 0.15) is 0 Å². The quantitative estimate of drug-likeness (QED) is 0.823. The van der Waals surface area contributed by atoms with Crippen molar-refractivity contribution in [1.29, 1.82) is 0 Å². The number of nitrogens with zero attached hydrogens (tertiary/aromatic N) is 2. The summed E-state index contributed by atoms with van der Waals surface area (Å²) in [5, 5.41) is -0.941. The largest absolute Gasteiger partial charge is 0.268 e. The molecule has 2 aromatic carbocycles. The van der Waals surface area contributed by atoms with Gasteiger partial charge >= 0.3 is 0 Å². The Morgan fingerprint density at radius 3 is 1.30 bits per heavy atom. The predicted octanol–water partition coefficient (Wildman–Crippen LogP) is 1.63. The Labute approximate surface area is 136 Å². The first-order chi connectivity index (χ1) is 10.9. The number of rotatable bonds is 2. The van der Waals surface area contributed by atoms with Crippen LogP contribution in [0.1, 0.15) is 0 Å². The smallest absolute Gasteiger partial charge is 0.251 e. The van der Waals surface area contributed by atoms with Crippen LogP contribution in [0.4, 0.5) is 11.4 Å². The highest BCUT2D eigenvalue weighted by Crippen LogP contribution is 2.26. The molecular weight excluding hydrogens is 336 g/mol. The van der Waals surface area contributed by atoms with E-state index in [9.17, 15) is 16.8 Å². The van der Waals surface area contributed by atoms with Gasteiger partial charge < -0.3 is 0 Å². The first-order valence-corrected chi connectivity index (χ1v) is 10.2. The summed E-state index contributed by atoms with van der Waals surface area (Å²) in [6.45, 7) is 0.140. The van der Waals surface area contributed by atoms with E-state index in [0.29, 0.717) is 11.4 Å². The summed E-state index contributed by atoms with van der Waals surface area (Å²) in [5.41, 5.74) is 0.940. The minimum absolute atomic E-state index is 0.0699. The Kier molecular flexibility index (Phi) is 4.03. The molecule has 8 heteroatoms. The maximum Gasteiger partial charge on any atom is 0.251 e. The molecular formula is C15H16N2O4S2. The molecule has 0 aromatic heterocycles. The van der Waals surface area contributed by atoms with Gasteiger partial charge in [-0.3, -0.25) is 8.61 Å². The lowest BCUT2D eigenvalue weighted by atomic mass is 10.3. The van der Waals surface area contributed by atoms with Crippen molar-refractivity contribution in [3.63, 3.8) is 0 Å². The lowest BCUT2D eigenvalue weighted by molar-refractivity contribution is 0.589. The van der Waals surface area contributed by atoms with E-state index in [1.165, 1.54) is 0 Å². The third-order valence-electron chi connectivity index (χ3n) is 3.56. The zero-order valence-electron chi connectivity index (χ0n) is 12.2. The first kappa shape index (κ1) is 15.8. The summed E-state index contributed by atoms with van der Waals surface area (Å²) in [5.74, 6) is 0. The van der Waals surface area contributed by atoms with E-state index < -0.39 is 25.1 Å². The third-order valence-corrected chi connectivity index (χ3v) is 8.08. The summed E-state index contributed by atoms with van der Waals surface area (Å²) in [6, 6.07) is 17.1. The second kappa shape index (κ2) is 5.86. The van der Waals surface area contributed by atoms with E-state index in [1.807, 2.05) is 0 Å². The van der Waals surface area contributed by atoms with Crippen molar-refractivity contribution >= 4 is 31.4 Å². The number of anilines is 2. The minimum Gasteiger partial charge on any atom is -0.268 e. The monoisotopic (exact) mass is 352 g/mol. The third kappa shape index (κ3) is 3.18. The number of para-hydroxylation sites is 2. The molecule has 0 unspecified atom stereocenters. The van der Waals surface area contributed by atoms with Gasteiger partial charge in [0.05, 0.1) is 24.5 Å². The average Bonchev–Trinajstić information content (AvgIpc) is 2.61. The summed E-state index contributed by atoms with van der Waals surface area (Å²) in [7, 11) is -7.92. The second-order valence-electron chi connectivity index (χ2n) is 5.16. The fourth-order valence-electron chi connectivity index (χ4n) is 2.54. The molecule has 1 fully saturated rings. The lowest BCUT2D eigenvalue weighted by Crippen LogP contribution is -2.34. The van der Waals surface area contributed by atoms with Gasteiger partial charge in [-0.2, -0.15) is 0 Å². The number of sulfonamides is 2. The van der Waals surface area contributed by atoms with Crippen LogP contribution in [0.2, 0.25) is 0 Å². The zero-order chi connectivity index (χ0) is 16.5. The van der Waals surface area contributed by atoms with Gasteiger partial charge in [-0.05, 0) is 24.3 Å². The zero-order valence-corrected chi connectivity index (χ0v) is 13.9. The molecule has 1 aliphatic heterocycles. The number of benzene rings is 2. The van der Waals surface area contributed by atoms with Crippen LogP contribution in [0.15, 0.2) is 60.7 Å². The predicted molar refractivity (Wildman–Crippen MR) is 90.3 cm³/mol. The normalized spacial score (nSPS) is 20.0. The number of hydrogen-bond donors (Lipinski definition) is 0. The second-order valence-corrected chi connectivity index (χ2v) is 9.31. The molecule has 6 nitrogen and oxygen atoms in total. The number of hydrogen-bond acceptors (Lipinski definition) is 4. The maximum atomic E-state index is 12.5. The van der Waals surface area contributed by atoms with Gasteiger partial charge in [0.15, 0.2) is 5.08 Å². The van der Waals surface area contributed by atoms with Crippen molar-refractivity contribution in [2.75, 3.05) is 26.8 Å². The van der Waals surface area contributed by atoms with Crippen LogP contribution < -0.4 is 8.61 Å². The molecule has 1 heterocycles. The maximum absolute atomic E-state index is 12.5. The van der Waals surface area contributed by atoms with Crippen molar-refractivity contribution in [2.24, 2.45) is 0 Å². The molecule has 1 aliphatic rings. The highest BCUT2D eigenvalue weighted by atomic mass is 32.3. The molecule has 3 rings (SSSR count). The molecule has 122 valence electrons. The fraction of sp³-hybridized carbons (Fsp3) is 0.200. The van der Waals surface area contributed by atoms with Gasteiger partial charge in [-0.25, -0.2) is 16.8 Å². The Balaban J connectivity index is 2.03. The van der Waals surface area contributed by atoms with Gasteiger partial charge in [0.2, 0.25) is 0 Å². The molecule has 1 saturated heterocycles. The molecule has 23 heavy (non-hydrogen) atoms. The summed E-state index contributed by atoms with van der Waals surface area (Å²) in [4.78, 5) is 0. The van der Waals surface area contributed by atoms with Crippen molar-refractivity contribution in [3.8, 4) is 0 Å². The molecule has 0 spiro atoms. The van der Waals surface area contributed by atoms with Crippen LogP contribution in [-0.2, 0) is 20.0 Å². The topological polar surface area (TPSA) is 74.8 Å². The molecule has 0 saturated carbocycles. The van der Waals surface area contributed by atoms with Crippen LogP contribution >= 0.6 is 0 Å². The molecule has 0 N–H and O–H groups in total. The average molecular weight is 352 g/mol. The van der Waals surface area contributed by atoms with Gasteiger partial charge in [-0.1, -0.05) is 36.4 Å². The minimum atomic E-state index is -3.96. The molecule has 2 aromatic rings. The summed E-state index contributed by atoms with van der Waals surface area (Å²) >= 11 is 0. The van der Waals surface area contributed by atoms with Gasteiger partial charge in [0, 0.05) is 0 Å². The van der Waals surface area contributed by atoms with Crippen molar-refractivity contribution < 1.29 is 16.8 Å². The molecule has 0 amide bonds. The first-order valence-electron chi connectivity index (χ1n) is 7.01. The van der Waals surface area contributed by atoms with E-state index >= 15 is 0 Å². The Morgan fingerprint density at radius 1 is 0.609 bits per heavy atom. The van der Waals surface area contributed by atoms with Crippen molar-refractivity contribution in [1.82, 2.24) is 0 Å². The van der Waals surface area contributed by atoms with Crippen LogP contribution in [0, 0.1) is 0 Å². The Morgan fingerprint density at radius 2 is 0.957 bits per heavy atom. The van der Waals surface area contributed by atoms with Gasteiger partial charge in [0.25, 0.3) is 20.0 Å². The Bertz CT molecular complexity index is 806. The van der Waals surface area contributed by atoms with E-state index in [2.05, 4.69) is 0 Å². The molecule has 0 atom stereocenters. The highest BCUT2D eigenvalue weighted by Gasteiger charge is 2.37. The molecule has 0 bridgehead atoms. The van der Waals surface area contributed by atoms with Crippen LogP contribution in [0.5, 0.6) is 0 Å². The SMILES string of the molecule is O=S1(=O)CS(=O)(=O)N(c2ccccc2)CCN1c1ccccc1. The van der Waals surface area contributed by atoms with E-state index in [0.717, 1.165) is 8.61 Å². The van der Waals surface area contributed by atoms with E-state index in [4.69, 9.17) is 0 Å². The molecule has 0 radical (unpaired) electrons. The van der Waals surface area contributed by atoms with Crippen LogP contribution in [0.3, 0.4) is 0 Å². The molecule has 0 aliphatic carbocycles. The summed E-state index contributed by atoms with van der Waals surface area (Å²) in [6.07, 6.45) is 0. The van der Waals surface area contributed by atoms with Crippen molar-refractivity contribution in [3.05, 3.63) is 60.7 Å². The standard InChI is InChI=1S/C15H16N2O4S2/c18-22(19)13-23(20,21)17(15-9-5-2-6-10-15)12-11-16(22)14-7-3-1-4-8-14/h1-10H,11-13H2. The van der Waals surface area contributed by atoms with E-state index in [1.54, 1.807) is 60.7 Å². The van der Waals surface area contributed by atoms with Crippen LogP contribution in [0.25, 0.3) is 0 Å². The van der Waals surface area contributed by atoms with E-state index in [-0.39, 0.29) is 13.1 Å². The lowest BCUT2D eigenvalue weighted by Gasteiger charge is -2.22. The van der Waals surface area contributed by atoms with Crippen LogP contribution in [-0.4, -0.2) is 35.0 Å².